The Kier molecular flexibility index (Phi) is 4.33. The van der Waals surface area contributed by atoms with Crippen molar-refractivity contribution in [1.29, 1.82) is 0 Å². The normalized spacial score (nSPS) is 24.0. The summed E-state index contributed by atoms with van der Waals surface area (Å²) >= 11 is 6.35. The molecule has 29 heavy (non-hydrogen) atoms. The van der Waals surface area contributed by atoms with E-state index in [1.165, 1.54) is 6.33 Å². The number of nitrogens with zero attached hydrogens (tertiary/aromatic N) is 3. The summed E-state index contributed by atoms with van der Waals surface area (Å²) in [6.07, 6.45) is 3.14. The average Bonchev–Trinajstić information content (AvgIpc) is 3.31. The number of H-pyrrole nitrogens is 1. The molecule has 2 aliphatic rings. The largest absolute Gasteiger partial charge is 0.465 e. The van der Waals surface area contributed by atoms with Gasteiger partial charge in [-0.1, -0.05) is 23.7 Å². The highest BCUT2D eigenvalue weighted by Gasteiger charge is 2.43. The van der Waals surface area contributed by atoms with E-state index in [9.17, 15) is 14.7 Å². The minimum absolute atomic E-state index is 0.00386. The van der Waals surface area contributed by atoms with Crippen molar-refractivity contribution in [2.75, 3.05) is 6.61 Å². The van der Waals surface area contributed by atoms with Gasteiger partial charge in [-0.25, -0.2) is 9.78 Å². The molecule has 0 spiro atoms. The number of rotatable bonds is 2. The third kappa shape index (κ3) is 2.90. The summed E-state index contributed by atoms with van der Waals surface area (Å²) in [4.78, 5) is 32.3. The molecule has 9 heteroatoms. The highest BCUT2D eigenvalue weighted by Crippen LogP contribution is 2.38. The third-order valence-electron chi connectivity index (χ3n) is 5.89. The second kappa shape index (κ2) is 6.89. The number of ether oxygens (including phenoxy) is 1. The van der Waals surface area contributed by atoms with E-state index in [1.54, 1.807) is 15.5 Å². The van der Waals surface area contributed by atoms with Gasteiger partial charge in [0, 0.05) is 5.69 Å². The molecule has 2 fully saturated rings. The van der Waals surface area contributed by atoms with Crippen LogP contribution in [0.2, 0.25) is 5.15 Å². The lowest BCUT2D eigenvalue weighted by Gasteiger charge is -2.42. The Morgan fingerprint density at radius 2 is 2.07 bits per heavy atom. The van der Waals surface area contributed by atoms with Gasteiger partial charge < -0.3 is 14.8 Å². The van der Waals surface area contributed by atoms with E-state index in [-0.39, 0.29) is 23.7 Å². The first kappa shape index (κ1) is 18.2. The quantitative estimate of drug-likeness (QED) is 0.669. The van der Waals surface area contributed by atoms with Gasteiger partial charge >= 0.3 is 6.09 Å². The summed E-state index contributed by atoms with van der Waals surface area (Å²) in [6.45, 7) is 0.344. The number of carboxylic acid groups (broad SMARTS) is 1. The predicted octanol–water partition coefficient (Wildman–Crippen LogP) is 3.34. The molecule has 8 nitrogen and oxygen atoms in total. The first-order chi connectivity index (χ1) is 14.0. The number of hydrogen-bond acceptors (Lipinski definition) is 4. The van der Waals surface area contributed by atoms with Crippen LogP contribution in [0.1, 0.15) is 30.9 Å². The Labute approximate surface area is 170 Å². The molecule has 0 radical (unpaired) electrons. The van der Waals surface area contributed by atoms with Gasteiger partial charge in [0.05, 0.1) is 36.5 Å². The smallest absolute Gasteiger partial charge is 0.408 e. The molecule has 1 saturated heterocycles. The second-order valence-corrected chi connectivity index (χ2v) is 7.83. The number of fused-ring (bicyclic) bond motifs is 2. The molecule has 1 aromatic carbocycles. The van der Waals surface area contributed by atoms with Crippen molar-refractivity contribution < 1.29 is 14.6 Å². The van der Waals surface area contributed by atoms with Crippen LogP contribution in [0.25, 0.3) is 16.7 Å². The predicted molar refractivity (Wildman–Crippen MR) is 107 cm³/mol. The maximum atomic E-state index is 12.0. The first-order valence-corrected chi connectivity index (χ1v) is 9.90. The first-order valence-electron chi connectivity index (χ1n) is 9.52. The van der Waals surface area contributed by atoms with Gasteiger partial charge in [-0.15, -0.1) is 0 Å². The fraction of sp³-hybridized carbons (Fsp3) is 0.350. The average molecular weight is 415 g/mol. The van der Waals surface area contributed by atoms with E-state index < -0.39 is 6.09 Å². The molecule has 1 aliphatic heterocycles. The lowest BCUT2D eigenvalue weighted by atomic mass is 10.00. The van der Waals surface area contributed by atoms with Crippen molar-refractivity contribution in [3.63, 3.8) is 0 Å². The van der Waals surface area contributed by atoms with Gasteiger partial charge in [0.15, 0.2) is 5.65 Å². The van der Waals surface area contributed by atoms with Crippen LogP contribution in [0.3, 0.4) is 0 Å². The number of benzene rings is 1. The highest BCUT2D eigenvalue weighted by atomic mass is 35.5. The topological polar surface area (TPSA) is 100 Å². The standard InChI is InChI=1S/C20H19ClN4O4/c21-17-8-13-18(22-10-23-19(13)26)24(17)12-6-4-11(5-7-12)15-9-29-16-3-1-2-14(16)25(15)20(27)28/h4-8,10,14-16H,1-3,9H2,(H,27,28)(H,22,23,26). The number of carbonyl (C=O) groups is 1. The van der Waals surface area contributed by atoms with Crippen molar-refractivity contribution in [1.82, 2.24) is 19.4 Å². The fourth-order valence-electron chi connectivity index (χ4n) is 4.56. The van der Waals surface area contributed by atoms with Crippen LogP contribution in [-0.4, -0.2) is 49.4 Å². The Balaban J connectivity index is 1.51. The SMILES string of the molecule is O=C(O)N1C(c2ccc(-n3c(Cl)cc4c(=O)[nH]cnc43)cc2)COC2CCCC21. The summed E-state index contributed by atoms with van der Waals surface area (Å²) in [5, 5.41) is 10.6. The van der Waals surface area contributed by atoms with E-state index in [0.717, 1.165) is 30.5 Å². The van der Waals surface area contributed by atoms with Crippen LogP contribution in [0.15, 0.2) is 41.5 Å². The Bertz CT molecular complexity index is 1140. The number of hydrogen-bond donors (Lipinski definition) is 2. The van der Waals surface area contributed by atoms with Gasteiger partial charge in [-0.05, 0) is 43.0 Å². The summed E-state index contributed by atoms with van der Waals surface area (Å²) in [5.41, 5.74) is 1.81. The molecule has 3 heterocycles. The molecule has 5 rings (SSSR count). The zero-order valence-corrected chi connectivity index (χ0v) is 16.2. The number of aromatic amines is 1. The van der Waals surface area contributed by atoms with E-state index in [0.29, 0.717) is 22.8 Å². The zero-order chi connectivity index (χ0) is 20.1. The summed E-state index contributed by atoms with van der Waals surface area (Å²) < 4.78 is 7.65. The maximum Gasteiger partial charge on any atom is 0.408 e. The van der Waals surface area contributed by atoms with Crippen molar-refractivity contribution in [3.05, 3.63) is 57.7 Å². The van der Waals surface area contributed by atoms with Gasteiger partial charge in [0.2, 0.25) is 0 Å². The Morgan fingerprint density at radius 3 is 2.83 bits per heavy atom. The van der Waals surface area contributed by atoms with Crippen molar-refractivity contribution in [2.45, 2.75) is 37.5 Å². The van der Waals surface area contributed by atoms with Crippen molar-refractivity contribution in [2.24, 2.45) is 0 Å². The molecule has 1 aliphatic carbocycles. The van der Waals surface area contributed by atoms with Crippen LogP contribution in [0.5, 0.6) is 0 Å². The summed E-state index contributed by atoms with van der Waals surface area (Å²) in [5.74, 6) is 0. The maximum absolute atomic E-state index is 12.0. The number of morpholine rings is 1. The molecule has 2 N–H and O–H groups in total. The van der Waals surface area contributed by atoms with E-state index >= 15 is 0 Å². The second-order valence-electron chi connectivity index (χ2n) is 7.44. The molecule has 3 atom stereocenters. The minimum Gasteiger partial charge on any atom is -0.465 e. The molecular formula is C20H19ClN4O4. The number of halogens is 1. The molecular weight excluding hydrogens is 396 g/mol. The van der Waals surface area contributed by atoms with E-state index in [2.05, 4.69) is 9.97 Å². The van der Waals surface area contributed by atoms with Crippen LogP contribution in [0, 0.1) is 0 Å². The van der Waals surface area contributed by atoms with Crippen LogP contribution in [0.4, 0.5) is 4.79 Å². The zero-order valence-electron chi connectivity index (χ0n) is 15.4. The van der Waals surface area contributed by atoms with Gasteiger partial charge in [-0.3, -0.25) is 14.3 Å². The van der Waals surface area contributed by atoms with Crippen LogP contribution < -0.4 is 5.56 Å². The third-order valence-corrected chi connectivity index (χ3v) is 6.17. The molecule has 3 unspecified atom stereocenters. The van der Waals surface area contributed by atoms with Gasteiger partial charge in [-0.2, -0.15) is 0 Å². The summed E-state index contributed by atoms with van der Waals surface area (Å²) in [6, 6.07) is 8.60. The molecule has 0 bridgehead atoms. The van der Waals surface area contributed by atoms with E-state index in [1.807, 2.05) is 24.3 Å². The van der Waals surface area contributed by atoms with Crippen molar-refractivity contribution >= 4 is 28.7 Å². The Morgan fingerprint density at radius 1 is 1.28 bits per heavy atom. The molecule has 3 aromatic rings. The Hall–Kier alpha value is -2.84. The van der Waals surface area contributed by atoms with Crippen LogP contribution >= 0.6 is 11.6 Å². The minimum atomic E-state index is -0.915. The molecule has 1 amide bonds. The summed E-state index contributed by atoms with van der Waals surface area (Å²) in [7, 11) is 0. The number of aromatic nitrogens is 3. The van der Waals surface area contributed by atoms with Gasteiger partial charge in [0.1, 0.15) is 5.15 Å². The van der Waals surface area contributed by atoms with E-state index in [4.69, 9.17) is 16.3 Å². The molecule has 2 aromatic heterocycles. The van der Waals surface area contributed by atoms with Crippen LogP contribution in [-0.2, 0) is 4.74 Å². The number of amides is 1. The lowest BCUT2D eigenvalue weighted by Crippen LogP contribution is -2.52. The molecule has 150 valence electrons. The lowest BCUT2D eigenvalue weighted by molar-refractivity contribution is -0.0794. The van der Waals surface area contributed by atoms with Gasteiger partial charge in [0.25, 0.3) is 5.56 Å². The fourth-order valence-corrected chi connectivity index (χ4v) is 4.85. The van der Waals surface area contributed by atoms with Crippen molar-refractivity contribution in [3.8, 4) is 5.69 Å². The number of nitrogens with one attached hydrogen (secondary N) is 1. The highest BCUT2D eigenvalue weighted by molar-refractivity contribution is 6.31. The monoisotopic (exact) mass is 414 g/mol. The molecule has 1 saturated carbocycles.